The van der Waals surface area contributed by atoms with Crippen molar-refractivity contribution in [2.75, 3.05) is 11.9 Å². The number of aromatic hydroxyl groups is 1. The highest BCUT2D eigenvalue weighted by molar-refractivity contribution is 6.31. The highest BCUT2D eigenvalue weighted by Crippen LogP contribution is 2.27. The van der Waals surface area contributed by atoms with Crippen LogP contribution >= 0.6 is 11.6 Å². The van der Waals surface area contributed by atoms with E-state index in [2.05, 4.69) is 5.32 Å². The second-order valence-corrected chi connectivity index (χ2v) is 6.68. The Hall–Kier alpha value is -2.53. The SMILES string of the molecule is Cc1ccc(NC(=O)[C@@H]2CC(=O)N(Cc3ccccc3Cl)C2)c(O)c1. The van der Waals surface area contributed by atoms with Crippen LogP contribution in [0.1, 0.15) is 17.5 Å². The highest BCUT2D eigenvalue weighted by atomic mass is 35.5. The maximum Gasteiger partial charge on any atom is 0.229 e. The van der Waals surface area contributed by atoms with Crippen molar-refractivity contribution >= 4 is 29.1 Å². The maximum absolute atomic E-state index is 12.4. The predicted octanol–water partition coefficient (Wildman–Crippen LogP) is 3.34. The number of halogens is 1. The Morgan fingerprint density at radius 1 is 1.32 bits per heavy atom. The van der Waals surface area contributed by atoms with Gasteiger partial charge in [-0.3, -0.25) is 9.59 Å². The number of phenols is 1. The first kappa shape index (κ1) is 17.3. The molecule has 1 saturated heterocycles. The number of nitrogens with one attached hydrogen (secondary N) is 1. The molecule has 1 aliphatic rings. The molecule has 0 radical (unpaired) electrons. The van der Waals surface area contributed by atoms with Gasteiger partial charge in [-0.2, -0.15) is 0 Å². The van der Waals surface area contributed by atoms with Crippen LogP contribution < -0.4 is 5.32 Å². The van der Waals surface area contributed by atoms with E-state index in [1.54, 1.807) is 29.2 Å². The minimum absolute atomic E-state index is 0.0191. The molecular weight excluding hydrogens is 340 g/mol. The zero-order valence-electron chi connectivity index (χ0n) is 13.8. The van der Waals surface area contributed by atoms with E-state index < -0.39 is 5.92 Å². The summed E-state index contributed by atoms with van der Waals surface area (Å²) >= 11 is 6.14. The molecule has 2 aromatic rings. The molecule has 3 rings (SSSR count). The molecule has 1 heterocycles. The third-order valence-corrected chi connectivity index (χ3v) is 4.68. The molecular formula is C19H19ClN2O3. The number of carbonyl (C=O) groups is 2. The fourth-order valence-electron chi connectivity index (χ4n) is 2.92. The van der Waals surface area contributed by atoms with E-state index in [4.69, 9.17) is 11.6 Å². The second kappa shape index (κ2) is 7.15. The van der Waals surface area contributed by atoms with Crippen molar-refractivity contribution in [3.05, 3.63) is 58.6 Å². The lowest BCUT2D eigenvalue weighted by Gasteiger charge is -2.17. The molecule has 2 aromatic carbocycles. The first-order valence-corrected chi connectivity index (χ1v) is 8.43. The number of amides is 2. The van der Waals surface area contributed by atoms with Crippen LogP contribution in [0, 0.1) is 12.8 Å². The number of hydrogen-bond acceptors (Lipinski definition) is 3. The zero-order valence-corrected chi connectivity index (χ0v) is 14.6. The number of benzene rings is 2. The van der Waals surface area contributed by atoms with E-state index in [9.17, 15) is 14.7 Å². The number of aryl methyl sites for hydroxylation is 1. The van der Waals surface area contributed by atoms with Gasteiger partial charge in [-0.25, -0.2) is 0 Å². The summed E-state index contributed by atoms with van der Waals surface area (Å²) in [6.07, 6.45) is 0.156. The molecule has 5 nitrogen and oxygen atoms in total. The molecule has 0 bridgehead atoms. The van der Waals surface area contributed by atoms with Crippen LogP contribution in [0.3, 0.4) is 0 Å². The van der Waals surface area contributed by atoms with Gasteiger partial charge in [0.2, 0.25) is 11.8 Å². The van der Waals surface area contributed by atoms with Crippen molar-refractivity contribution in [3.8, 4) is 5.75 Å². The fourth-order valence-corrected chi connectivity index (χ4v) is 3.11. The van der Waals surface area contributed by atoms with Gasteiger partial charge in [0.1, 0.15) is 5.75 Å². The van der Waals surface area contributed by atoms with Crippen LogP contribution in [-0.2, 0) is 16.1 Å². The topological polar surface area (TPSA) is 69.6 Å². The van der Waals surface area contributed by atoms with Gasteiger partial charge in [0.05, 0.1) is 11.6 Å². The largest absolute Gasteiger partial charge is 0.506 e. The molecule has 6 heteroatoms. The minimum Gasteiger partial charge on any atom is -0.506 e. The predicted molar refractivity (Wildman–Crippen MR) is 96.4 cm³/mol. The molecule has 0 aromatic heterocycles. The van der Waals surface area contributed by atoms with Crippen LogP contribution in [0.5, 0.6) is 5.75 Å². The first-order chi connectivity index (χ1) is 11.9. The third-order valence-electron chi connectivity index (χ3n) is 4.32. The average molecular weight is 359 g/mol. The number of phenolic OH excluding ortho intramolecular Hbond substituents is 1. The highest BCUT2D eigenvalue weighted by Gasteiger charge is 2.34. The van der Waals surface area contributed by atoms with Crippen LogP contribution in [0.4, 0.5) is 5.69 Å². The lowest BCUT2D eigenvalue weighted by atomic mass is 10.1. The standard InChI is InChI=1S/C19H19ClN2O3/c1-12-6-7-16(17(23)8-12)21-19(25)14-9-18(24)22(11-14)10-13-4-2-3-5-15(13)20/h2-8,14,23H,9-11H2,1H3,(H,21,25)/t14-/m1/s1. The van der Waals surface area contributed by atoms with Crippen LogP contribution in [0.25, 0.3) is 0 Å². The van der Waals surface area contributed by atoms with E-state index >= 15 is 0 Å². The molecule has 2 amide bonds. The summed E-state index contributed by atoms with van der Waals surface area (Å²) in [4.78, 5) is 26.3. The van der Waals surface area contributed by atoms with Crippen molar-refractivity contribution < 1.29 is 14.7 Å². The summed E-state index contributed by atoms with van der Waals surface area (Å²) < 4.78 is 0. The Bertz CT molecular complexity index is 822. The summed E-state index contributed by atoms with van der Waals surface area (Å²) in [5.41, 5.74) is 2.11. The first-order valence-electron chi connectivity index (χ1n) is 8.05. The number of rotatable bonds is 4. The maximum atomic E-state index is 12.4. The Balaban J connectivity index is 1.65. The lowest BCUT2D eigenvalue weighted by Crippen LogP contribution is -2.28. The fraction of sp³-hybridized carbons (Fsp3) is 0.263. The number of anilines is 1. The molecule has 2 N–H and O–H groups in total. The van der Waals surface area contributed by atoms with Crippen molar-refractivity contribution in [2.24, 2.45) is 5.92 Å². The molecule has 0 unspecified atom stereocenters. The summed E-state index contributed by atoms with van der Waals surface area (Å²) in [5.74, 6) is -0.774. The zero-order chi connectivity index (χ0) is 18.0. The number of likely N-dealkylation sites (tertiary alicyclic amines) is 1. The van der Waals surface area contributed by atoms with Gasteiger partial charge in [-0.15, -0.1) is 0 Å². The molecule has 1 aliphatic heterocycles. The molecule has 0 spiro atoms. The molecule has 0 aliphatic carbocycles. The van der Waals surface area contributed by atoms with E-state index in [1.165, 1.54) is 0 Å². The number of hydrogen-bond donors (Lipinski definition) is 2. The summed E-state index contributed by atoms with van der Waals surface area (Å²) in [7, 11) is 0. The van der Waals surface area contributed by atoms with Gasteiger partial charge in [0.15, 0.2) is 0 Å². The smallest absolute Gasteiger partial charge is 0.229 e. The molecule has 130 valence electrons. The molecule has 1 fully saturated rings. The third kappa shape index (κ3) is 3.94. The van der Waals surface area contributed by atoms with Gasteiger partial charge in [-0.1, -0.05) is 35.9 Å². The van der Waals surface area contributed by atoms with Crippen LogP contribution in [-0.4, -0.2) is 28.4 Å². The lowest BCUT2D eigenvalue weighted by molar-refractivity contribution is -0.128. The van der Waals surface area contributed by atoms with Gasteiger partial charge in [0.25, 0.3) is 0 Å². The molecule has 0 saturated carbocycles. The normalized spacial score (nSPS) is 17.0. The van der Waals surface area contributed by atoms with E-state index in [-0.39, 0.29) is 24.0 Å². The minimum atomic E-state index is -0.448. The Kier molecular flexibility index (Phi) is 4.95. The van der Waals surface area contributed by atoms with Crippen molar-refractivity contribution in [3.63, 3.8) is 0 Å². The second-order valence-electron chi connectivity index (χ2n) is 6.28. The van der Waals surface area contributed by atoms with Gasteiger partial charge in [-0.05, 0) is 36.2 Å². The Labute approximate surface area is 151 Å². The average Bonchev–Trinajstić information content (AvgIpc) is 2.93. The summed E-state index contributed by atoms with van der Waals surface area (Å²) in [5, 5.41) is 13.2. The number of nitrogens with zero attached hydrogens (tertiary/aromatic N) is 1. The monoisotopic (exact) mass is 358 g/mol. The van der Waals surface area contributed by atoms with Crippen molar-refractivity contribution in [1.29, 1.82) is 0 Å². The van der Waals surface area contributed by atoms with Crippen LogP contribution in [0.2, 0.25) is 5.02 Å². The summed E-state index contributed by atoms with van der Waals surface area (Å²) in [6.45, 7) is 2.58. The van der Waals surface area contributed by atoms with Gasteiger partial charge in [0, 0.05) is 24.5 Å². The van der Waals surface area contributed by atoms with Crippen LogP contribution in [0.15, 0.2) is 42.5 Å². The van der Waals surface area contributed by atoms with E-state index in [0.717, 1.165) is 11.1 Å². The number of carbonyl (C=O) groups excluding carboxylic acids is 2. The Morgan fingerprint density at radius 2 is 2.08 bits per heavy atom. The molecule has 25 heavy (non-hydrogen) atoms. The van der Waals surface area contributed by atoms with Gasteiger partial charge < -0.3 is 15.3 Å². The van der Waals surface area contributed by atoms with E-state index in [0.29, 0.717) is 23.8 Å². The van der Waals surface area contributed by atoms with Crippen molar-refractivity contribution in [1.82, 2.24) is 4.90 Å². The van der Waals surface area contributed by atoms with Gasteiger partial charge >= 0.3 is 0 Å². The quantitative estimate of drug-likeness (QED) is 0.823. The summed E-state index contributed by atoms with van der Waals surface area (Å²) in [6, 6.07) is 12.4. The Morgan fingerprint density at radius 3 is 2.80 bits per heavy atom. The van der Waals surface area contributed by atoms with Crippen molar-refractivity contribution in [2.45, 2.75) is 19.9 Å². The van der Waals surface area contributed by atoms with E-state index in [1.807, 2.05) is 25.1 Å². The molecule has 1 atom stereocenters.